The van der Waals surface area contributed by atoms with Gasteiger partial charge in [0.15, 0.2) is 0 Å². The van der Waals surface area contributed by atoms with Crippen LogP contribution in [0.15, 0.2) is 51.8 Å². The minimum atomic E-state index is -2.22. The van der Waals surface area contributed by atoms with Crippen LogP contribution in [0.2, 0.25) is 0 Å². The second kappa shape index (κ2) is 4.92. The summed E-state index contributed by atoms with van der Waals surface area (Å²) in [6.45, 7) is 0. The van der Waals surface area contributed by atoms with Crippen LogP contribution in [0, 0.1) is 0 Å². The maximum Gasteiger partial charge on any atom is 1.00 e. The van der Waals surface area contributed by atoms with Gasteiger partial charge in [-0.1, -0.05) is 18.2 Å². The molecule has 3 nitrogen and oxygen atoms in total. The van der Waals surface area contributed by atoms with Crippen molar-refractivity contribution in [3.05, 3.63) is 42.5 Å². The first-order valence-electron chi connectivity index (χ1n) is 4.76. The van der Waals surface area contributed by atoms with E-state index in [1.807, 2.05) is 24.3 Å². The van der Waals surface area contributed by atoms with Gasteiger partial charge in [0.1, 0.15) is 11.2 Å². The summed E-state index contributed by atoms with van der Waals surface area (Å²) in [7, 11) is 0. The molecule has 0 saturated carbocycles. The van der Waals surface area contributed by atoms with Crippen molar-refractivity contribution in [2.45, 2.75) is 4.90 Å². The van der Waals surface area contributed by atoms with Gasteiger partial charge in [-0.25, -0.2) is 0 Å². The fraction of sp³-hybridized carbons (Fsp3) is 0. The average molecular weight is 254 g/mol. The molecular weight excluding hydrogens is 247 g/mol. The molecule has 1 atom stereocenters. The molecule has 1 heterocycles. The number of fused-ring (bicyclic) bond motifs is 3. The van der Waals surface area contributed by atoms with Gasteiger partial charge in [-0.3, -0.25) is 4.21 Å². The van der Waals surface area contributed by atoms with Crippen LogP contribution in [0.5, 0.6) is 0 Å². The molecule has 0 spiro atoms. The second-order valence-electron chi connectivity index (χ2n) is 3.49. The van der Waals surface area contributed by atoms with E-state index in [1.54, 1.807) is 18.2 Å². The Bertz CT molecular complexity index is 705. The molecule has 0 radical (unpaired) electrons. The molecule has 0 aliphatic heterocycles. The Morgan fingerprint density at radius 2 is 1.71 bits per heavy atom. The first-order valence-corrected chi connectivity index (χ1v) is 5.84. The molecule has 0 fully saturated rings. The summed E-state index contributed by atoms with van der Waals surface area (Å²) >= 11 is -2.22. The Morgan fingerprint density at radius 3 is 2.47 bits per heavy atom. The van der Waals surface area contributed by atoms with Gasteiger partial charge in [0.25, 0.3) is 0 Å². The van der Waals surface area contributed by atoms with Gasteiger partial charge in [-0.15, -0.1) is 0 Å². The minimum Gasteiger partial charge on any atom is -0.768 e. The van der Waals surface area contributed by atoms with Crippen molar-refractivity contribution >= 4 is 33.0 Å². The van der Waals surface area contributed by atoms with Gasteiger partial charge in [0.05, 0.1) is 0 Å². The van der Waals surface area contributed by atoms with Gasteiger partial charge in [-0.05, 0) is 35.3 Å². The Labute approximate surface area is 122 Å². The number of rotatable bonds is 1. The molecule has 2 aromatic carbocycles. The summed E-state index contributed by atoms with van der Waals surface area (Å²) in [6, 6.07) is 12.5. The maximum atomic E-state index is 10.8. The van der Waals surface area contributed by atoms with Crippen molar-refractivity contribution in [3.8, 4) is 0 Å². The zero-order valence-electron chi connectivity index (χ0n) is 9.17. The molecule has 17 heavy (non-hydrogen) atoms. The number of para-hydroxylation sites is 1. The second-order valence-corrected chi connectivity index (χ2v) is 4.43. The molecule has 1 unspecified atom stereocenters. The third-order valence-electron chi connectivity index (χ3n) is 2.54. The summed E-state index contributed by atoms with van der Waals surface area (Å²) in [5.41, 5.74) is 1.37. The van der Waals surface area contributed by atoms with E-state index in [1.165, 1.54) is 0 Å². The predicted molar refractivity (Wildman–Crippen MR) is 60.9 cm³/mol. The van der Waals surface area contributed by atoms with Crippen LogP contribution in [0.1, 0.15) is 0 Å². The Kier molecular flexibility index (Phi) is 3.70. The smallest absolute Gasteiger partial charge is 0.768 e. The first-order chi connectivity index (χ1) is 7.75. The van der Waals surface area contributed by atoms with Crippen LogP contribution in [0.4, 0.5) is 0 Å². The zero-order valence-corrected chi connectivity index (χ0v) is 12.0. The predicted octanol–water partition coefficient (Wildman–Crippen LogP) is -0.172. The van der Waals surface area contributed by atoms with E-state index in [9.17, 15) is 8.76 Å². The van der Waals surface area contributed by atoms with Crippen molar-refractivity contribution in [1.29, 1.82) is 0 Å². The first kappa shape index (κ1) is 12.8. The van der Waals surface area contributed by atoms with E-state index in [0.29, 0.717) is 5.58 Å². The van der Waals surface area contributed by atoms with Gasteiger partial charge in [0.2, 0.25) is 0 Å². The monoisotopic (exact) mass is 254 g/mol. The minimum absolute atomic E-state index is 0. The van der Waals surface area contributed by atoms with Crippen LogP contribution in [0.25, 0.3) is 21.9 Å². The summed E-state index contributed by atoms with van der Waals surface area (Å²) in [5.74, 6) is 0. The Morgan fingerprint density at radius 1 is 1.00 bits per heavy atom. The fourth-order valence-corrected chi connectivity index (χ4v) is 2.19. The molecule has 0 amide bonds. The van der Waals surface area contributed by atoms with Crippen LogP contribution in [-0.4, -0.2) is 8.76 Å². The van der Waals surface area contributed by atoms with Crippen LogP contribution in [0.3, 0.4) is 0 Å². The van der Waals surface area contributed by atoms with Gasteiger partial charge in [0, 0.05) is 15.7 Å². The maximum absolute atomic E-state index is 10.8. The van der Waals surface area contributed by atoms with Crippen molar-refractivity contribution in [3.63, 3.8) is 0 Å². The summed E-state index contributed by atoms with van der Waals surface area (Å²) in [6.07, 6.45) is 0. The third kappa shape index (κ3) is 2.19. The average Bonchev–Trinajstić information content (AvgIpc) is 2.66. The van der Waals surface area contributed by atoms with E-state index >= 15 is 0 Å². The molecule has 3 rings (SSSR count). The van der Waals surface area contributed by atoms with Crippen molar-refractivity contribution in [2.75, 3.05) is 0 Å². The topological polar surface area (TPSA) is 53.3 Å². The third-order valence-corrected chi connectivity index (χ3v) is 3.18. The quantitative estimate of drug-likeness (QED) is 0.447. The molecule has 1 aromatic heterocycles. The fourth-order valence-electron chi connectivity index (χ4n) is 1.81. The summed E-state index contributed by atoms with van der Waals surface area (Å²) in [4.78, 5) is 0.242. The van der Waals surface area contributed by atoms with E-state index < -0.39 is 11.1 Å². The molecule has 0 saturated heterocycles. The van der Waals surface area contributed by atoms with E-state index in [-0.39, 0.29) is 34.5 Å². The molecule has 0 aliphatic rings. The Hall–Kier alpha value is -0.650. The molecular formula is C12H7NaO3S. The van der Waals surface area contributed by atoms with Crippen LogP contribution < -0.4 is 29.6 Å². The summed E-state index contributed by atoms with van der Waals surface area (Å²) < 4.78 is 27.2. The van der Waals surface area contributed by atoms with E-state index in [4.69, 9.17) is 4.42 Å². The van der Waals surface area contributed by atoms with Crippen LogP contribution in [-0.2, 0) is 11.1 Å². The largest absolute Gasteiger partial charge is 1.00 e. The SMILES string of the molecule is O=S([O-])c1ccc2c(c1)oc1ccccc12.[Na+]. The van der Waals surface area contributed by atoms with Gasteiger partial charge in [-0.2, -0.15) is 0 Å². The molecule has 0 bridgehead atoms. The van der Waals surface area contributed by atoms with E-state index in [2.05, 4.69) is 0 Å². The summed E-state index contributed by atoms with van der Waals surface area (Å²) in [5, 5.41) is 1.94. The van der Waals surface area contributed by atoms with Crippen molar-refractivity contribution in [1.82, 2.24) is 0 Å². The standard InChI is InChI=1S/C12H8O3S.Na/c13-16(14)8-5-6-10-9-3-1-2-4-11(9)15-12(10)7-8;/h1-7H,(H,13,14);/q;+1/p-1. The molecule has 3 aromatic rings. The Balaban J connectivity index is 0.00000108. The number of hydrogen-bond donors (Lipinski definition) is 0. The molecule has 0 aliphatic carbocycles. The van der Waals surface area contributed by atoms with Crippen molar-refractivity contribution in [2.24, 2.45) is 0 Å². The number of furan rings is 1. The number of benzene rings is 2. The van der Waals surface area contributed by atoms with Gasteiger partial charge >= 0.3 is 29.6 Å². The van der Waals surface area contributed by atoms with Crippen LogP contribution >= 0.6 is 0 Å². The van der Waals surface area contributed by atoms with Gasteiger partial charge < -0.3 is 8.97 Å². The molecule has 80 valence electrons. The molecule has 5 heteroatoms. The number of hydrogen-bond acceptors (Lipinski definition) is 3. The zero-order chi connectivity index (χ0) is 11.1. The molecule has 0 N–H and O–H groups in total. The van der Waals surface area contributed by atoms with Crippen molar-refractivity contribution < 1.29 is 42.7 Å². The van der Waals surface area contributed by atoms with E-state index in [0.717, 1.165) is 16.4 Å². The normalized spacial score (nSPS) is 12.5.